The molecule has 8 heteroatoms. The maximum atomic E-state index is 13.0. The molecule has 0 aromatic carbocycles. The van der Waals surface area contributed by atoms with Crippen LogP contribution in [0.15, 0.2) is 36.1 Å². The molecule has 4 aromatic heterocycles. The summed E-state index contributed by atoms with van der Waals surface area (Å²) in [6.45, 7) is 6.10. The lowest BCUT2D eigenvalue weighted by atomic mass is 10.0. The summed E-state index contributed by atoms with van der Waals surface area (Å²) in [5.41, 5.74) is 8.55. The van der Waals surface area contributed by atoms with Crippen molar-refractivity contribution >= 4 is 34.0 Å². The molecule has 0 radical (unpaired) electrons. The SMILES string of the molecule is Cc1cc(CC(=O)c2cn(C(C)(C)c3cccs3)c3ncnc(N)c23)n[nH]1. The Balaban J connectivity index is 1.85. The largest absolute Gasteiger partial charge is 0.383 e. The van der Waals surface area contributed by atoms with Crippen molar-refractivity contribution in [2.75, 3.05) is 5.73 Å². The molecule has 0 spiro atoms. The highest BCUT2D eigenvalue weighted by atomic mass is 32.1. The van der Waals surface area contributed by atoms with Gasteiger partial charge in [0.1, 0.15) is 17.8 Å². The first-order valence-electron chi connectivity index (χ1n) is 8.58. The first-order valence-corrected chi connectivity index (χ1v) is 9.46. The number of aryl methyl sites for hydroxylation is 1. The van der Waals surface area contributed by atoms with Crippen LogP contribution in [0.1, 0.15) is 40.5 Å². The highest BCUT2D eigenvalue weighted by Gasteiger charge is 2.29. The number of rotatable bonds is 5. The topological polar surface area (TPSA) is 102 Å². The number of hydrogen-bond donors (Lipinski definition) is 2. The Morgan fingerprint density at radius 2 is 2.19 bits per heavy atom. The van der Waals surface area contributed by atoms with E-state index in [2.05, 4.69) is 40.1 Å². The number of nitrogens with one attached hydrogen (secondary N) is 1. The van der Waals surface area contributed by atoms with Gasteiger partial charge in [-0.05, 0) is 38.3 Å². The summed E-state index contributed by atoms with van der Waals surface area (Å²) in [5, 5.41) is 9.67. The molecule has 138 valence electrons. The molecule has 0 atom stereocenters. The molecule has 0 aliphatic carbocycles. The van der Waals surface area contributed by atoms with Crippen LogP contribution in [-0.2, 0) is 12.0 Å². The van der Waals surface area contributed by atoms with E-state index in [9.17, 15) is 4.79 Å². The van der Waals surface area contributed by atoms with Crippen LogP contribution in [0.2, 0.25) is 0 Å². The number of anilines is 1. The zero-order valence-corrected chi connectivity index (χ0v) is 16.2. The third-order valence-electron chi connectivity index (χ3n) is 4.74. The number of aromatic nitrogens is 5. The number of nitrogens with zero attached hydrogens (tertiary/aromatic N) is 4. The summed E-state index contributed by atoms with van der Waals surface area (Å²) in [6.07, 6.45) is 3.47. The molecule has 0 bridgehead atoms. The molecule has 0 aliphatic heterocycles. The van der Waals surface area contributed by atoms with E-state index in [1.54, 1.807) is 11.3 Å². The van der Waals surface area contributed by atoms with Crippen LogP contribution in [0.5, 0.6) is 0 Å². The number of carbonyl (C=O) groups is 1. The van der Waals surface area contributed by atoms with Crippen LogP contribution in [0.4, 0.5) is 5.82 Å². The van der Waals surface area contributed by atoms with Gasteiger partial charge in [0.2, 0.25) is 0 Å². The van der Waals surface area contributed by atoms with Crippen molar-refractivity contribution in [1.82, 2.24) is 24.7 Å². The Bertz CT molecular complexity index is 1120. The number of hydrogen-bond acceptors (Lipinski definition) is 6. The maximum Gasteiger partial charge on any atom is 0.171 e. The lowest BCUT2D eigenvalue weighted by Gasteiger charge is -2.26. The Labute approximate surface area is 160 Å². The average Bonchev–Trinajstić information content (AvgIpc) is 3.34. The molecular formula is C19H20N6OS. The number of aromatic amines is 1. The minimum atomic E-state index is -0.380. The minimum Gasteiger partial charge on any atom is -0.383 e. The monoisotopic (exact) mass is 380 g/mol. The molecule has 0 aliphatic rings. The van der Waals surface area contributed by atoms with Gasteiger partial charge < -0.3 is 10.3 Å². The molecular weight excluding hydrogens is 360 g/mol. The molecule has 4 aromatic rings. The van der Waals surface area contributed by atoms with E-state index >= 15 is 0 Å². The standard InChI is InChI=1S/C19H20N6OS/c1-11-7-12(24-23-11)8-14(26)13-9-25(18-16(13)17(20)21-10-22-18)19(2,3)15-5-4-6-27-15/h4-7,9-10H,8H2,1-3H3,(H,23,24)(H2,20,21,22). The molecule has 4 rings (SSSR count). The van der Waals surface area contributed by atoms with Crippen LogP contribution < -0.4 is 5.73 Å². The fourth-order valence-corrected chi connectivity index (χ4v) is 4.14. The third-order valence-corrected chi connectivity index (χ3v) is 5.92. The second-order valence-corrected chi connectivity index (χ2v) is 8.00. The van der Waals surface area contributed by atoms with E-state index in [0.717, 1.165) is 5.69 Å². The second kappa shape index (κ2) is 6.31. The van der Waals surface area contributed by atoms with Gasteiger partial charge in [-0.3, -0.25) is 9.89 Å². The van der Waals surface area contributed by atoms with Gasteiger partial charge in [-0.2, -0.15) is 5.10 Å². The first-order chi connectivity index (χ1) is 12.9. The van der Waals surface area contributed by atoms with Gasteiger partial charge in [-0.25, -0.2) is 9.97 Å². The second-order valence-electron chi connectivity index (χ2n) is 7.05. The molecule has 27 heavy (non-hydrogen) atoms. The summed E-state index contributed by atoms with van der Waals surface area (Å²) in [7, 11) is 0. The van der Waals surface area contributed by atoms with Gasteiger partial charge >= 0.3 is 0 Å². The number of nitrogen functional groups attached to an aromatic ring is 1. The highest BCUT2D eigenvalue weighted by molar-refractivity contribution is 7.10. The molecule has 0 saturated carbocycles. The molecule has 0 saturated heterocycles. The molecule has 3 N–H and O–H groups in total. The van der Waals surface area contributed by atoms with Crippen LogP contribution in [-0.4, -0.2) is 30.5 Å². The highest BCUT2D eigenvalue weighted by Crippen LogP contribution is 2.35. The van der Waals surface area contributed by atoms with E-state index in [1.165, 1.54) is 11.2 Å². The fraction of sp³-hybridized carbons (Fsp3) is 0.263. The molecule has 4 heterocycles. The van der Waals surface area contributed by atoms with Crippen LogP contribution >= 0.6 is 11.3 Å². The van der Waals surface area contributed by atoms with E-state index < -0.39 is 0 Å². The van der Waals surface area contributed by atoms with Crippen molar-refractivity contribution < 1.29 is 4.79 Å². The van der Waals surface area contributed by atoms with E-state index in [0.29, 0.717) is 28.1 Å². The van der Waals surface area contributed by atoms with Crippen molar-refractivity contribution in [2.45, 2.75) is 32.7 Å². The number of H-pyrrole nitrogens is 1. The van der Waals surface area contributed by atoms with Crippen LogP contribution in [0, 0.1) is 6.92 Å². The molecule has 0 fully saturated rings. The summed E-state index contributed by atoms with van der Waals surface area (Å²) < 4.78 is 2.01. The van der Waals surface area contributed by atoms with E-state index in [1.807, 2.05) is 35.2 Å². The maximum absolute atomic E-state index is 13.0. The molecule has 0 amide bonds. The smallest absolute Gasteiger partial charge is 0.171 e. The molecule has 0 unspecified atom stereocenters. The zero-order chi connectivity index (χ0) is 19.2. The predicted molar refractivity (Wildman–Crippen MR) is 106 cm³/mol. The van der Waals surface area contributed by atoms with Gasteiger partial charge in [0.25, 0.3) is 0 Å². The van der Waals surface area contributed by atoms with Crippen molar-refractivity contribution in [2.24, 2.45) is 0 Å². The predicted octanol–water partition coefficient (Wildman–Crippen LogP) is 3.32. The summed E-state index contributed by atoms with van der Waals surface area (Å²) in [4.78, 5) is 22.7. The van der Waals surface area contributed by atoms with Crippen LogP contribution in [0.3, 0.4) is 0 Å². The van der Waals surface area contributed by atoms with Gasteiger partial charge in [0.05, 0.1) is 23.0 Å². The first kappa shape index (κ1) is 17.4. The lowest BCUT2D eigenvalue weighted by Crippen LogP contribution is -2.26. The van der Waals surface area contributed by atoms with Gasteiger partial charge in [-0.1, -0.05) is 6.07 Å². The van der Waals surface area contributed by atoms with Crippen molar-refractivity contribution in [1.29, 1.82) is 0 Å². The normalized spacial score (nSPS) is 12.0. The number of nitrogens with two attached hydrogens (primary N) is 1. The van der Waals surface area contributed by atoms with Gasteiger partial charge in [0.15, 0.2) is 5.78 Å². The number of fused-ring (bicyclic) bond motifs is 1. The zero-order valence-electron chi connectivity index (χ0n) is 15.4. The lowest BCUT2D eigenvalue weighted by molar-refractivity contribution is 0.0993. The quantitative estimate of drug-likeness (QED) is 0.517. The Morgan fingerprint density at radius 1 is 1.37 bits per heavy atom. The Hall–Kier alpha value is -3.00. The summed E-state index contributed by atoms with van der Waals surface area (Å²) >= 11 is 1.67. The summed E-state index contributed by atoms with van der Waals surface area (Å²) in [6, 6.07) is 5.96. The number of ketones is 1. The van der Waals surface area contributed by atoms with Crippen molar-refractivity contribution in [3.8, 4) is 0 Å². The number of thiophene rings is 1. The Morgan fingerprint density at radius 3 is 2.85 bits per heavy atom. The number of carbonyl (C=O) groups excluding carboxylic acids is 1. The number of Topliss-reactive ketones (excluding diaryl/α,β-unsaturated/α-hetero) is 1. The minimum absolute atomic E-state index is 0.0614. The van der Waals surface area contributed by atoms with Gasteiger partial charge in [0, 0.05) is 22.3 Å². The van der Waals surface area contributed by atoms with Crippen molar-refractivity contribution in [3.05, 3.63) is 57.9 Å². The third kappa shape index (κ3) is 2.91. The molecule has 7 nitrogen and oxygen atoms in total. The van der Waals surface area contributed by atoms with E-state index in [4.69, 9.17) is 5.73 Å². The fourth-order valence-electron chi connectivity index (χ4n) is 3.29. The average molecular weight is 380 g/mol. The summed E-state index contributed by atoms with van der Waals surface area (Å²) in [5.74, 6) is 0.246. The van der Waals surface area contributed by atoms with Crippen molar-refractivity contribution in [3.63, 3.8) is 0 Å². The van der Waals surface area contributed by atoms with E-state index in [-0.39, 0.29) is 17.7 Å². The van der Waals surface area contributed by atoms with Gasteiger partial charge in [-0.15, -0.1) is 11.3 Å². The Kier molecular flexibility index (Phi) is 4.07. The van der Waals surface area contributed by atoms with Crippen LogP contribution in [0.25, 0.3) is 11.0 Å².